The van der Waals surface area contributed by atoms with Gasteiger partial charge in [-0.3, -0.25) is 4.68 Å². The Hall–Kier alpha value is -2.10. The summed E-state index contributed by atoms with van der Waals surface area (Å²) in [5, 5.41) is 13.2. The van der Waals surface area contributed by atoms with Crippen molar-refractivity contribution < 1.29 is 9.90 Å². The normalized spacial score (nSPS) is 10.9. The van der Waals surface area contributed by atoms with Crippen LogP contribution >= 0.6 is 0 Å². The Labute approximate surface area is 112 Å². The van der Waals surface area contributed by atoms with Crippen LogP contribution in [0.2, 0.25) is 0 Å². The fourth-order valence-corrected chi connectivity index (χ4v) is 2.02. The number of aromatic carboxylic acids is 1. The second-order valence-electron chi connectivity index (χ2n) is 4.81. The Morgan fingerprint density at radius 3 is 2.42 bits per heavy atom. The third-order valence-corrected chi connectivity index (χ3v) is 3.10. The van der Waals surface area contributed by atoms with E-state index in [9.17, 15) is 4.79 Å². The summed E-state index contributed by atoms with van der Waals surface area (Å²) in [5.41, 5.74) is 3.18. The molecule has 0 bridgehead atoms. The Morgan fingerprint density at radius 2 is 1.95 bits per heavy atom. The molecule has 1 N–H and O–H groups in total. The molecule has 0 saturated carbocycles. The van der Waals surface area contributed by atoms with E-state index in [-0.39, 0.29) is 11.7 Å². The van der Waals surface area contributed by atoms with E-state index in [0.717, 1.165) is 17.7 Å². The quantitative estimate of drug-likeness (QED) is 0.914. The summed E-state index contributed by atoms with van der Waals surface area (Å²) in [6.07, 6.45) is 0.990. The standard InChI is InChI=1S/C15H18N2O2/c1-4-11-5-7-12(8-6-11)14-9-13(15(18)19)16-17(14)10(2)3/h5-10H,4H2,1-3H3,(H,18,19). The van der Waals surface area contributed by atoms with E-state index in [2.05, 4.69) is 24.2 Å². The van der Waals surface area contributed by atoms with Crippen molar-refractivity contribution in [3.63, 3.8) is 0 Å². The molecule has 0 aliphatic carbocycles. The van der Waals surface area contributed by atoms with E-state index in [0.29, 0.717) is 0 Å². The summed E-state index contributed by atoms with van der Waals surface area (Å²) < 4.78 is 1.75. The van der Waals surface area contributed by atoms with Crippen molar-refractivity contribution in [1.29, 1.82) is 0 Å². The minimum atomic E-state index is -0.995. The molecule has 0 saturated heterocycles. The van der Waals surface area contributed by atoms with Gasteiger partial charge in [-0.25, -0.2) is 4.79 Å². The molecule has 0 fully saturated rings. The van der Waals surface area contributed by atoms with Crippen LogP contribution in [-0.2, 0) is 6.42 Å². The van der Waals surface area contributed by atoms with Crippen molar-refractivity contribution in [3.05, 3.63) is 41.6 Å². The molecule has 4 nitrogen and oxygen atoms in total. The summed E-state index contributed by atoms with van der Waals surface area (Å²) in [7, 11) is 0. The number of carboxylic acid groups (broad SMARTS) is 1. The van der Waals surface area contributed by atoms with Crippen molar-refractivity contribution in [2.24, 2.45) is 0 Å². The molecule has 100 valence electrons. The van der Waals surface area contributed by atoms with Crippen molar-refractivity contribution >= 4 is 5.97 Å². The third-order valence-electron chi connectivity index (χ3n) is 3.10. The van der Waals surface area contributed by atoms with Gasteiger partial charge in [0.25, 0.3) is 0 Å². The topological polar surface area (TPSA) is 55.1 Å². The van der Waals surface area contributed by atoms with Crippen LogP contribution in [0.4, 0.5) is 0 Å². The number of benzene rings is 1. The number of carboxylic acids is 1. The fraction of sp³-hybridized carbons (Fsp3) is 0.333. The number of carbonyl (C=O) groups is 1. The highest BCUT2D eigenvalue weighted by atomic mass is 16.4. The van der Waals surface area contributed by atoms with E-state index in [1.54, 1.807) is 10.7 Å². The second-order valence-corrected chi connectivity index (χ2v) is 4.81. The van der Waals surface area contributed by atoms with E-state index >= 15 is 0 Å². The van der Waals surface area contributed by atoms with Crippen LogP contribution in [0.1, 0.15) is 42.9 Å². The first kappa shape index (κ1) is 13.3. The van der Waals surface area contributed by atoms with E-state index < -0.39 is 5.97 Å². The molecule has 1 heterocycles. The molecule has 0 unspecified atom stereocenters. The smallest absolute Gasteiger partial charge is 0.356 e. The van der Waals surface area contributed by atoms with Gasteiger partial charge < -0.3 is 5.11 Å². The molecule has 19 heavy (non-hydrogen) atoms. The summed E-state index contributed by atoms with van der Waals surface area (Å²) in [5.74, 6) is -0.995. The molecule has 0 spiro atoms. The first-order chi connectivity index (χ1) is 9.02. The van der Waals surface area contributed by atoms with Crippen LogP contribution in [0.3, 0.4) is 0 Å². The molecule has 2 rings (SSSR count). The van der Waals surface area contributed by atoms with Crippen molar-refractivity contribution in [2.45, 2.75) is 33.2 Å². The fourth-order valence-electron chi connectivity index (χ4n) is 2.02. The number of rotatable bonds is 4. The van der Waals surface area contributed by atoms with Crippen molar-refractivity contribution in [2.75, 3.05) is 0 Å². The lowest BCUT2D eigenvalue weighted by atomic mass is 10.1. The minimum Gasteiger partial charge on any atom is -0.476 e. The summed E-state index contributed by atoms with van der Waals surface area (Å²) in [6.45, 7) is 6.08. The van der Waals surface area contributed by atoms with Gasteiger partial charge in [0.2, 0.25) is 0 Å². The van der Waals surface area contributed by atoms with E-state index in [4.69, 9.17) is 5.11 Å². The summed E-state index contributed by atoms with van der Waals surface area (Å²) >= 11 is 0. The maximum atomic E-state index is 11.0. The van der Waals surface area contributed by atoms with Gasteiger partial charge in [-0.1, -0.05) is 31.2 Å². The van der Waals surface area contributed by atoms with Gasteiger partial charge in [-0.15, -0.1) is 0 Å². The van der Waals surface area contributed by atoms with Gasteiger partial charge in [0, 0.05) is 6.04 Å². The maximum Gasteiger partial charge on any atom is 0.356 e. The van der Waals surface area contributed by atoms with Gasteiger partial charge in [-0.2, -0.15) is 5.10 Å². The highest BCUT2D eigenvalue weighted by molar-refractivity contribution is 5.87. The van der Waals surface area contributed by atoms with Crippen LogP contribution in [-0.4, -0.2) is 20.9 Å². The Kier molecular flexibility index (Phi) is 3.69. The number of aromatic nitrogens is 2. The van der Waals surface area contributed by atoms with Crippen LogP contribution in [0, 0.1) is 0 Å². The minimum absolute atomic E-state index is 0.0864. The number of hydrogen-bond acceptors (Lipinski definition) is 2. The summed E-state index contributed by atoms with van der Waals surface area (Å²) in [6, 6.07) is 9.90. The lowest BCUT2D eigenvalue weighted by Gasteiger charge is -2.11. The zero-order valence-corrected chi connectivity index (χ0v) is 11.4. The molecular formula is C15H18N2O2. The van der Waals surface area contributed by atoms with Crippen molar-refractivity contribution in [3.8, 4) is 11.3 Å². The highest BCUT2D eigenvalue weighted by Crippen LogP contribution is 2.24. The Morgan fingerprint density at radius 1 is 1.32 bits per heavy atom. The molecule has 0 radical (unpaired) electrons. The molecule has 4 heteroatoms. The van der Waals surface area contributed by atoms with Gasteiger partial charge in [-0.05, 0) is 37.5 Å². The predicted molar refractivity (Wildman–Crippen MR) is 74.4 cm³/mol. The predicted octanol–water partition coefficient (Wildman–Crippen LogP) is 3.39. The van der Waals surface area contributed by atoms with Gasteiger partial charge in [0.15, 0.2) is 5.69 Å². The first-order valence-corrected chi connectivity index (χ1v) is 6.45. The highest BCUT2D eigenvalue weighted by Gasteiger charge is 2.16. The molecule has 1 aromatic carbocycles. The second kappa shape index (κ2) is 5.26. The van der Waals surface area contributed by atoms with Gasteiger partial charge in [0.1, 0.15) is 0 Å². The third kappa shape index (κ3) is 2.67. The Bertz CT molecular complexity index is 583. The van der Waals surface area contributed by atoms with Crippen molar-refractivity contribution in [1.82, 2.24) is 9.78 Å². The molecular weight excluding hydrogens is 240 g/mol. The Balaban J connectivity index is 2.49. The number of nitrogens with zero attached hydrogens (tertiary/aromatic N) is 2. The van der Waals surface area contributed by atoms with Gasteiger partial charge >= 0.3 is 5.97 Å². The van der Waals surface area contributed by atoms with Crippen LogP contribution < -0.4 is 0 Å². The maximum absolute atomic E-state index is 11.0. The lowest BCUT2D eigenvalue weighted by Crippen LogP contribution is -2.06. The average Bonchev–Trinajstić information content (AvgIpc) is 2.84. The number of hydrogen-bond donors (Lipinski definition) is 1. The lowest BCUT2D eigenvalue weighted by molar-refractivity contribution is 0.0689. The summed E-state index contributed by atoms with van der Waals surface area (Å²) in [4.78, 5) is 11.0. The largest absolute Gasteiger partial charge is 0.476 e. The molecule has 0 aliphatic rings. The SMILES string of the molecule is CCc1ccc(-c2cc(C(=O)O)nn2C(C)C)cc1. The zero-order chi connectivity index (χ0) is 14.0. The number of aryl methyl sites for hydroxylation is 1. The zero-order valence-electron chi connectivity index (χ0n) is 11.4. The van der Waals surface area contributed by atoms with E-state index in [1.165, 1.54) is 5.56 Å². The molecule has 1 aromatic heterocycles. The molecule has 2 aromatic rings. The van der Waals surface area contributed by atoms with Crippen LogP contribution in [0.25, 0.3) is 11.3 Å². The molecule has 0 amide bonds. The first-order valence-electron chi connectivity index (χ1n) is 6.45. The van der Waals surface area contributed by atoms with Crippen LogP contribution in [0.15, 0.2) is 30.3 Å². The monoisotopic (exact) mass is 258 g/mol. The average molecular weight is 258 g/mol. The van der Waals surface area contributed by atoms with E-state index in [1.807, 2.05) is 26.0 Å². The van der Waals surface area contributed by atoms with Gasteiger partial charge in [0.05, 0.1) is 5.69 Å². The molecule has 0 aliphatic heterocycles. The van der Waals surface area contributed by atoms with Crippen LogP contribution in [0.5, 0.6) is 0 Å². The molecule has 0 atom stereocenters.